The summed E-state index contributed by atoms with van der Waals surface area (Å²) in [7, 11) is 0. The Morgan fingerprint density at radius 3 is 2.40 bits per heavy atom. The number of hydrogen-bond donors (Lipinski definition) is 1. The number of benzene rings is 2. The molecule has 0 aromatic heterocycles. The SMILES string of the molecule is Cc1ccc(C2C=C(c3ccccc3)OC(N)=N2)cc1. The molecule has 0 fully saturated rings. The predicted octanol–water partition coefficient (Wildman–Crippen LogP) is 3.42. The first-order valence-corrected chi connectivity index (χ1v) is 6.57. The van der Waals surface area contributed by atoms with Crippen molar-refractivity contribution in [2.75, 3.05) is 0 Å². The Balaban J connectivity index is 1.96. The summed E-state index contributed by atoms with van der Waals surface area (Å²) in [4.78, 5) is 4.35. The second kappa shape index (κ2) is 5.21. The Labute approximate surface area is 118 Å². The van der Waals surface area contributed by atoms with Crippen molar-refractivity contribution in [2.24, 2.45) is 10.7 Å². The first kappa shape index (κ1) is 12.5. The predicted molar refractivity (Wildman–Crippen MR) is 81.0 cm³/mol. The van der Waals surface area contributed by atoms with E-state index in [-0.39, 0.29) is 12.1 Å². The van der Waals surface area contributed by atoms with Gasteiger partial charge in [0.25, 0.3) is 6.02 Å². The van der Waals surface area contributed by atoms with E-state index in [1.54, 1.807) is 0 Å². The largest absolute Gasteiger partial charge is 0.426 e. The zero-order valence-corrected chi connectivity index (χ0v) is 11.3. The molecule has 3 rings (SSSR count). The molecule has 1 aliphatic rings. The molecule has 1 heterocycles. The number of nitrogens with two attached hydrogens (primary N) is 1. The fourth-order valence-electron chi connectivity index (χ4n) is 2.18. The summed E-state index contributed by atoms with van der Waals surface area (Å²) in [5.74, 6) is 0.753. The van der Waals surface area contributed by atoms with Gasteiger partial charge in [-0.25, -0.2) is 4.99 Å². The molecular weight excluding hydrogens is 248 g/mol. The minimum Gasteiger partial charge on any atom is -0.426 e. The van der Waals surface area contributed by atoms with Gasteiger partial charge in [0.15, 0.2) is 0 Å². The summed E-state index contributed by atoms with van der Waals surface area (Å²) < 4.78 is 5.54. The van der Waals surface area contributed by atoms with E-state index in [4.69, 9.17) is 10.5 Å². The summed E-state index contributed by atoms with van der Waals surface area (Å²) in [5.41, 5.74) is 9.14. The Morgan fingerprint density at radius 1 is 1.00 bits per heavy atom. The van der Waals surface area contributed by atoms with E-state index in [9.17, 15) is 0 Å². The third-order valence-electron chi connectivity index (χ3n) is 3.27. The van der Waals surface area contributed by atoms with Crippen LogP contribution in [0.3, 0.4) is 0 Å². The molecule has 1 atom stereocenters. The fraction of sp³-hybridized carbons (Fsp3) is 0.118. The van der Waals surface area contributed by atoms with E-state index < -0.39 is 0 Å². The van der Waals surface area contributed by atoms with Crippen LogP contribution in [0.15, 0.2) is 65.7 Å². The highest BCUT2D eigenvalue weighted by molar-refractivity contribution is 5.82. The maximum Gasteiger partial charge on any atom is 0.288 e. The lowest BCUT2D eigenvalue weighted by Gasteiger charge is -2.19. The Bertz CT molecular complexity index is 657. The van der Waals surface area contributed by atoms with Gasteiger partial charge in [0.1, 0.15) is 11.8 Å². The van der Waals surface area contributed by atoms with Crippen LogP contribution in [0.1, 0.15) is 22.7 Å². The maximum absolute atomic E-state index is 5.81. The number of ether oxygens (including phenoxy) is 1. The van der Waals surface area contributed by atoms with Crippen LogP contribution < -0.4 is 5.73 Å². The minimum atomic E-state index is -0.0976. The highest BCUT2D eigenvalue weighted by Crippen LogP contribution is 2.29. The smallest absolute Gasteiger partial charge is 0.288 e. The van der Waals surface area contributed by atoms with Crippen molar-refractivity contribution in [3.8, 4) is 0 Å². The highest BCUT2D eigenvalue weighted by Gasteiger charge is 2.18. The molecule has 0 amide bonds. The van der Waals surface area contributed by atoms with Crippen LogP contribution in [0.4, 0.5) is 0 Å². The molecule has 100 valence electrons. The zero-order chi connectivity index (χ0) is 13.9. The van der Waals surface area contributed by atoms with Gasteiger partial charge in [-0.2, -0.15) is 0 Å². The van der Waals surface area contributed by atoms with Crippen molar-refractivity contribution < 1.29 is 4.74 Å². The van der Waals surface area contributed by atoms with Crippen LogP contribution in [-0.2, 0) is 4.74 Å². The summed E-state index contributed by atoms with van der Waals surface area (Å²) in [5, 5.41) is 0. The van der Waals surface area contributed by atoms with E-state index in [1.807, 2.05) is 36.4 Å². The molecule has 3 heteroatoms. The van der Waals surface area contributed by atoms with E-state index in [1.165, 1.54) is 5.56 Å². The number of nitrogens with zero attached hydrogens (tertiary/aromatic N) is 1. The van der Waals surface area contributed by atoms with Crippen LogP contribution in [0, 0.1) is 6.92 Å². The molecule has 2 N–H and O–H groups in total. The summed E-state index contributed by atoms with van der Waals surface area (Å²) >= 11 is 0. The van der Waals surface area contributed by atoms with Crippen LogP contribution >= 0.6 is 0 Å². The van der Waals surface area contributed by atoms with Crippen LogP contribution in [0.5, 0.6) is 0 Å². The van der Waals surface area contributed by atoms with E-state index >= 15 is 0 Å². The van der Waals surface area contributed by atoms with Crippen LogP contribution in [-0.4, -0.2) is 6.02 Å². The molecule has 0 saturated heterocycles. The van der Waals surface area contributed by atoms with Crippen molar-refractivity contribution in [3.05, 3.63) is 77.4 Å². The van der Waals surface area contributed by atoms with Crippen molar-refractivity contribution in [1.29, 1.82) is 0 Å². The van der Waals surface area contributed by atoms with Gasteiger partial charge in [0.2, 0.25) is 0 Å². The van der Waals surface area contributed by atoms with Crippen molar-refractivity contribution in [1.82, 2.24) is 0 Å². The molecule has 2 aromatic carbocycles. The monoisotopic (exact) mass is 264 g/mol. The number of hydrogen-bond acceptors (Lipinski definition) is 3. The summed E-state index contributed by atoms with van der Waals surface area (Å²) in [6.07, 6.45) is 2.00. The van der Waals surface area contributed by atoms with Gasteiger partial charge in [0, 0.05) is 5.56 Å². The molecular formula is C17H16N2O. The van der Waals surface area contributed by atoms with E-state index in [0.29, 0.717) is 0 Å². The van der Waals surface area contributed by atoms with Gasteiger partial charge in [-0.3, -0.25) is 0 Å². The minimum absolute atomic E-state index is 0.0976. The van der Waals surface area contributed by atoms with E-state index in [0.717, 1.165) is 16.9 Å². The normalized spacial score (nSPS) is 17.9. The molecule has 20 heavy (non-hydrogen) atoms. The Kier molecular flexibility index (Phi) is 3.25. The number of aliphatic imine (C=N–C) groups is 1. The van der Waals surface area contributed by atoms with Crippen molar-refractivity contribution in [3.63, 3.8) is 0 Å². The molecule has 1 aliphatic heterocycles. The standard InChI is InChI=1S/C17H16N2O/c1-12-7-9-13(10-8-12)15-11-16(20-17(18)19-15)14-5-3-2-4-6-14/h2-11,15H,1H3,(H2,18,19). The molecule has 0 bridgehead atoms. The second-order valence-corrected chi connectivity index (χ2v) is 4.82. The number of aryl methyl sites for hydroxylation is 1. The Morgan fingerprint density at radius 2 is 1.70 bits per heavy atom. The average molecular weight is 264 g/mol. The van der Waals surface area contributed by atoms with Gasteiger partial charge < -0.3 is 10.5 Å². The number of rotatable bonds is 2. The lowest BCUT2D eigenvalue weighted by Crippen LogP contribution is -2.20. The van der Waals surface area contributed by atoms with Gasteiger partial charge in [0.05, 0.1) is 0 Å². The third kappa shape index (κ3) is 2.57. The third-order valence-corrected chi connectivity index (χ3v) is 3.27. The zero-order valence-electron chi connectivity index (χ0n) is 11.3. The topological polar surface area (TPSA) is 47.6 Å². The molecule has 2 aromatic rings. The van der Waals surface area contributed by atoms with Gasteiger partial charge in [-0.1, -0.05) is 60.2 Å². The van der Waals surface area contributed by atoms with Gasteiger partial charge in [-0.15, -0.1) is 0 Å². The lowest BCUT2D eigenvalue weighted by molar-refractivity contribution is 0.476. The van der Waals surface area contributed by atoms with Crippen LogP contribution in [0.25, 0.3) is 5.76 Å². The Hall–Kier alpha value is -2.55. The fourth-order valence-corrected chi connectivity index (χ4v) is 2.18. The quantitative estimate of drug-likeness (QED) is 0.903. The molecule has 0 radical (unpaired) electrons. The van der Waals surface area contributed by atoms with Gasteiger partial charge in [-0.05, 0) is 18.6 Å². The number of amidine groups is 1. The molecule has 1 unspecified atom stereocenters. The highest BCUT2D eigenvalue weighted by atomic mass is 16.5. The molecule has 3 nitrogen and oxygen atoms in total. The first-order chi connectivity index (χ1) is 9.72. The van der Waals surface area contributed by atoms with Crippen molar-refractivity contribution >= 4 is 11.8 Å². The maximum atomic E-state index is 5.81. The molecule has 0 aliphatic carbocycles. The molecule has 0 saturated carbocycles. The average Bonchev–Trinajstić information content (AvgIpc) is 2.48. The molecule has 0 spiro atoms. The van der Waals surface area contributed by atoms with E-state index in [2.05, 4.69) is 36.2 Å². The summed E-state index contributed by atoms with van der Waals surface area (Å²) in [6.45, 7) is 2.07. The lowest BCUT2D eigenvalue weighted by atomic mass is 10.0. The van der Waals surface area contributed by atoms with Crippen LogP contribution in [0.2, 0.25) is 0 Å². The second-order valence-electron chi connectivity index (χ2n) is 4.82. The summed E-state index contributed by atoms with van der Waals surface area (Å²) in [6, 6.07) is 18.3. The first-order valence-electron chi connectivity index (χ1n) is 6.57. The van der Waals surface area contributed by atoms with Crippen molar-refractivity contribution in [2.45, 2.75) is 13.0 Å². The van der Waals surface area contributed by atoms with Gasteiger partial charge >= 0.3 is 0 Å².